The van der Waals surface area contributed by atoms with Gasteiger partial charge in [-0.05, 0) is 13.0 Å². The molecule has 1 nitrogen and oxygen atoms in total. The number of carbonyl (C=O) groups is 1. The quantitative estimate of drug-likeness (QED) is 0.431. The van der Waals surface area contributed by atoms with Crippen molar-refractivity contribution >= 4 is 5.78 Å². The molecule has 0 N–H and O–H groups in total. The molecule has 0 aromatic rings. The zero-order valence-electron chi connectivity index (χ0n) is 3.77. The van der Waals surface area contributed by atoms with Gasteiger partial charge < -0.3 is 0 Å². The molecule has 0 amide bonds. The van der Waals surface area contributed by atoms with Crippen LogP contribution in [0.25, 0.3) is 0 Å². The minimum Gasteiger partial charge on any atom is -0.295 e. The maximum absolute atomic E-state index is 9.85. The Hall–Kier alpha value is -0.590. The fraction of sp³-hybridized carbons (Fsp3) is 0.200. The van der Waals surface area contributed by atoms with E-state index in [1.54, 1.807) is 13.0 Å². The van der Waals surface area contributed by atoms with Crippen molar-refractivity contribution in [3.05, 3.63) is 19.1 Å². The van der Waals surface area contributed by atoms with E-state index in [1.165, 1.54) is 6.08 Å². The number of rotatable bonds is 1. The van der Waals surface area contributed by atoms with Crippen LogP contribution in [0.1, 0.15) is 6.92 Å². The van der Waals surface area contributed by atoms with Crippen molar-refractivity contribution in [2.75, 3.05) is 0 Å². The maximum Gasteiger partial charge on any atom is 0.155 e. The highest BCUT2D eigenvalue weighted by molar-refractivity contribution is 5.92. The van der Waals surface area contributed by atoms with Crippen molar-refractivity contribution in [2.45, 2.75) is 6.92 Å². The Kier molecular flexibility index (Phi) is 2.38. The average Bonchev–Trinajstić information content (AvgIpc) is 1.35. The second-order valence-corrected chi connectivity index (χ2v) is 0.966. The van der Waals surface area contributed by atoms with Gasteiger partial charge in [-0.2, -0.15) is 0 Å². The number of allylic oxidation sites excluding steroid dienone is 2. The minimum atomic E-state index is -0.141. The van der Waals surface area contributed by atoms with Gasteiger partial charge in [-0.25, -0.2) is 0 Å². The maximum atomic E-state index is 9.85. The predicted octanol–water partition coefficient (Wildman–Crippen LogP) is 0.966. The number of carbonyl (C=O) groups excluding carboxylic acids is 1. The lowest BCUT2D eigenvalue weighted by atomic mass is 10.4. The molecule has 1 radical (unpaired) electrons. The summed E-state index contributed by atoms with van der Waals surface area (Å²) in [5.41, 5.74) is 0. The first-order valence-electron chi connectivity index (χ1n) is 1.76. The minimum absolute atomic E-state index is 0.141. The molecule has 0 aromatic heterocycles. The topological polar surface area (TPSA) is 17.1 Å². The van der Waals surface area contributed by atoms with Gasteiger partial charge in [0.15, 0.2) is 5.78 Å². The molecule has 6 heavy (non-hydrogen) atoms. The molecule has 0 aliphatic rings. The van der Waals surface area contributed by atoms with E-state index in [-0.39, 0.29) is 5.78 Å². The fourth-order valence-corrected chi connectivity index (χ4v) is 0.186. The van der Waals surface area contributed by atoms with Gasteiger partial charge in [-0.1, -0.05) is 6.08 Å². The summed E-state index contributed by atoms with van der Waals surface area (Å²) < 4.78 is 0. The van der Waals surface area contributed by atoms with Crippen molar-refractivity contribution in [2.24, 2.45) is 0 Å². The van der Waals surface area contributed by atoms with Crippen LogP contribution in [0.3, 0.4) is 0 Å². The Labute approximate surface area is 37.7 Å². The predicted molar refractivity (Wildman–Crippen MR) is 25.2 cm³/mol. The highest BCUT2D eigenvalue weighted by Crippen LogP contribution is 1.68. The lowest BCUT2D eigenvalue weighted by molar-refractivity contribution is -0.110. The van der Waals surface area contributed by atoms with Gasteiger partial charge >= 0.3 is 0 Å². The molecule has 0 saturated heterocycles. The van der Waals surface area contributed by atoms with Gasteiger partial charge in [0, 0.05) is 6.92 Å². The van der Waals surface area contributed by atoms with Gasteiger partial charge in [-0.15, -0.1) is 0 Å². The molecule has 0 bridgehead atoms. The molecule has 1 heteroatoms. The summed E-state index contributed by atoms with van der Waals surface area (Å²) in [6.45, 7) is 4.88. The van der Waals surface area contributed by atoms with E-state index < -0.39 is 0 Å². The summed E-state index contributed by atoms with van der Waals surface area (Å²) in [7, 11) is 0. The standard InChI is InChI=1S/C5H7O/c1-3-4-5(2)6/h3-4H,2H2,1H3. The Morgan fingerprint density at radius 2 is 2.33 bits per heavy atom. The number of hydrogen-bond acceptors (Lipinski definition) is 1. The largest absolute Gasteiger partial charge is 0.295 e. The second kappa shape index (κ2) is 2.64. The summed E-state index contributed by atoms with van der Waals surface area (Å²) in [5.74, 6) is -0.141. The molecule has 0 saturated carbocycles. The van der Waals surface area contributed by atoms with E-state index >= 15 is 0 Å². The molecule has 0 aliphatic carbocycles. The molecule has 0 unspecified atom stereocenters. The molecular weight excluding hydrogens is 76.1 g/mol. The van der Waals surface area contributed by atoms with E-state index in [1.807, 2.05) is 0 Å². The van der Waals surface area contributed by atoms with Crippen LogP contribution in [-0.4, -0.2) is 5.78 Å². The van der Waals surface area contributed by atoms with Crippen molar-refractivity contribution in [3.63, 3.8) is 0 Å². The molecule has 0 fully saturated rings. The third kappa shape index (κ3) is 3.41. The van der Waals surface area contributed by atoms with Crippen molar-refractivity contribution in [1.82, 2.24) is 0 Å². The Balaban J connectivity index is 3.30. The molecule has 0 aliphatic heterocycles. The molecule has 0 spiro atoms. The van der Waals surface area contributed by atoms with E-state index in [0.29, 0.717) is 0 Å². The first-order chi connectivity index (χ1) is 2.77. The summed E-state index contributed by atoms with van der Waals surface area (Å²) >= 11 is 0. The van der Waals surface area contributed by atoms with Crippen LogP contribution < -0.4 is 0 Å². The number of hydrogen-bond donors (Lipinski definition) is 0. The van der Waals surface area contributed by atoms with Gasteiger partial charge in [-0.3, -0.25) is 4.79 Å². The molecular formula is C5H7O. The monoisotopic (exact) mass is 83.0 g/mol. The summed E-state index contributed by atoms with van der Waals surface area (Å²) in [4.78, 5) is 9.85. The van der Waals surface area contributed by atoms with Crippen LogP contribution in [0.2, 0.25) is 0 Å². The van der Waals surface area contributed by atoms with E-state index in [2.05, 4.69) is 6.92 Å². The smallest absolute Gasteiger partial charge is 0.155 e. The second-order valence-electron chi connectivity index (χ2n) is 0.966. The van der Waals surface area contributed by atoms with Gasteiger partial charge in [0.1, 0.15) is 0 Å². The van der Waals surface area contributed by atoms with Gasteiger partial charge in [0.25, 0.3) is 0 Å². The highest BCUT2D eigenvalue weighted by Gasteiger charge is 1.73. The third-order valence-corrected chi connectivity index (χ3v) is 0.353. The van der Waals surface area contributed by atoms with Crippen molar-refractivity contribution in [3.8, 4) is 0 Å². The van der Waals surface area contributed by atoms with E-state index in [4.69, 9.17) is 0 Å². The van der Waals surface area contributed by atoms with Crippen LogP contribution in [0.5, 0.6) is 0 Å². The van der Waals surface area contributed by atoms with Crippen LogP contribution >= 0.6 is 0 Å². The Bertz CT molecular complexity index is 72.0. The highest BCUT2D eigenvalue weighted by atomic mass is 16.1. The first kappa shape index (κ1) is 5.41. The van der Waals surface area contributed by atoms with Crippen molar-refractivity contribution < 1.29 is 4.79 Å². The van der Waals surface area contributed by atoms with E-state index in [9.17, 15) is 4.79 Å². The third-order valence-electron chi connectivity index (χ3n) is 0.353. The van der Waals surface area contributed by atoms with Crippen LogP contribution in [-0.2, 0) is 4.79 Å². The zero-order valence-corrected chi connectivity index (χ0v) is 3.77. The van der Waals surface area contributed by atoms with Crippen LogP contribution in [0.4, 0.5) is 0 Å². The van der Waals surface area contributed by atoms with E-state index in [0.717, 1.165) is 0 Å². The Morgan fingerprint density at radius 3 is 2.33 bits per heavy atom. The molecule has 33 valence electrons. The molecule has 0 rings (SSSR count). The van der Waals surface area contributed by atoms with Crippen molar-refractivity contribution in [1.29, 1.82) is 0 Å². The van der Waals surface area contributed by atoms with Gasteiger partial charge in [0.2, 0.25) is 0 Å². The normalized spacial score (nSPS) is 9.67. The molecule has 0 atom stereocenters. The van der Waals surface area contributed by atoms with Crippen LogP contribution in [0, 0.1) is 6.92 Å². The molecule has 0 aromatic carbocycles. The average molecular weight is 83.1 g/mol. The van der Waals surface area contributed by atoms with Gasteiger partial charge in [0.05, 0.1) is 0 Å². The first-order valence-corrected chi connectivity index (χ1v) is 1.76. The fourth-order valence-electron chi connectivity index (χ4n) is 0.186. The molecule has 0 heterocycles. The van der Waals surface area contributed by atoms with Crippen LogP contribution in [0.15, 0.2) is 12.2 Å². The lowest BCUT2D eigenvalue weighted by Crippen LogP contribution is -1.77. The SMILES string of the molecule is [CH2]C(=O)C=CC. The Morgan fingerprint density at radius 1 is 1.83 bits per heavy atom. The summed E-state index contributed by atoms with van der Waals surface area (Å²) in [6, 6.07) is 0. The number of ketones is 1. The summed E-state index contributed by atoms with van der Waals surface area (Å²) in [5, 5.41) is 0. The summed E-state index contributed by atoms with van der Waals surface area (Å²) in [6.07, 6.45) is 3.08. The lowest BCUT2D eigenvalue weighted by Gasteiger charge is -1.67. The zero-order chi connectivity index (χ0) is 4.99.